The fraction of sp³-hybridized carbons (Fsp3) is 0.160. The minimum Gasteiger partial charge on any atom is -0.490 e. The number of benzene rings is 3. The maximum atomic E-state index is 10.8. The van der Waals surface area contributed by atoms with Gasteiger partial charge in [-0.1, -0.05) is 36.4 Å². The van der Waals surface area contributed by atoms with E-state index in [0.29, 0.717) is 35.8 Å². The van der Waals surface area contributed by atoms with Gasteiger partial charge in [-0.15, -0.1) is 0 Å². The minimum atomic E-state index is -0.468. The molecule has 3 aromatic carbocycles. The summed E-state index contributed by atoms with van der Waals surface area (Å²) in [6.45, 7) is 2.90. The van der Waals surface area contributed by atoms with Crippen LogP contribution in [0, 0.1) is 21.4 Å². The van der Waals surface area contributed by atoms with E-state index in [1.165, 1.54) is 17.7 Å². The summed E-state index contributed by atoms with van der Waals surface area (Å²) in [5.74, 6) is 1.24. The normalized spacial score (nSPS) is 10.9. The first-order valence-electron chi connectivity index (χ1n) is 9.91. The number of rotatable bonds is 9. The third kappa shape index (κ3) is 5.94. The van der Waals surface area contributed by atoms with Crippen LogP contribution in [-0.2, 0) is 6.42 Å². The molecule has 3 aromatic rings. The molecular weight excluding hydrogens is 392 g/mol. The van der Waals surface area contributed by atoms with Crippen LogP contribution in [0.5, 0.6) is 11.5 Å². The zero-order valence-corrected chi connectivity index (χ0v) is 17.2. The smallest absolute Gasteiger partial charge is 0.269 e. The predicted molar refractivity (Wildman–Crippen MR) is 120 cm³/mol. The highest BCUT2D eigenvalue weighted by Crippen LogP contribution is 2.30. The molecule has 0 N–H and O–H groups in total. The summed E-state index contributed by atoms with van der Waals surface area (Å²) in [6, 6.07) is 23.7. The minimum absolute atomic E-state index is 0.0170. The second-order valence-electron chi connectivity index (χ2n) is 6.70. The Hall–Kier alpha value is -4.11. The average molecular weight is 414 g/mol. The lowest BCUT2D eigenvalue weighted by Gasteiger charge is -2.13. The van der Waals surface area contributed by atoms with Crippen molar-refractivity contribution in [1.82, 2.24) is 0 Å². The van der Waals surface area contributed by atoms with Crippen molar-refractivity contribution < 1.29 is 14.4 Å². The number of allylic oxidation sites excluding steroid dienone is 1. The van der Waals surface area contributed by atoms with Crippen LogP contribution in [0.2, 0.25) is 0 Å². The number of non-ortho nitro benzene ring substituents is 1. The molecule has 0 aliphatic rings. The maximum Gasteiger partial charge on any atom is 0.269 e. The molecule has 0 aliphatic heterocycles. The lowest BCUT2D eigenvalue weighted by atomic mass is 10.0. The number of nitro groups is 1. The molecule has 31 heavy (non-hydrogen) atoms. The Labute approximate surface area is 181 Å². The van der Waals surface area contributed by atoms with Gasteiger partial charge in [0.2, 0.25) is 0 Å². The highest BCUT2D eigenvalue weighted by molar-refractivity contribution is 5.90. The van der Waals surface area contributed by atoms with E-state index in [0.717, 1.165) is 12.0 Å². The molecule has 0 aliphatic carbocycles. The Bertz CT molecular complexity index is 1100. The van der Waals surface area contributed by atoms with E-state index in [4.69, 9.17) is 9.47 Å². The summed E-state index contributed by atoms with van der Waals surface area (Å²) in [6.07, 6.45) is 2.50. The van der Waals surface area contributed by atoms with Gasteiger partial charge < -0.3 is 9.47 Å². The third-order valence-corrected chi connectivity index (χ3v) is 4.58. The van der Waals surface area contributed by atoms with Crippen molar-refractivity contribution in [2.75, 3.05) is 13.2 Å². The first kappa shape index (κ1) is 21.6. The monoisotopic (exact) mass is 414 g/mol. The highest BCUT2D eigenvalue weighted by atomic mass is 16.6. The summed E-state index contributed by atoms with van der Waals surface area (Å²) < 4.78 is 11.7. The van der Waals surface area contributed by atoms with Crippen molar-refractivity contribution in [3.8, 4) is 17.6 Å². The van der Waals surface area contributed by atoms with Crippen molar-refractivity contribution in [2.45, 2.75) is 13.3 Å². The summed E-state index contributed by atoms with van der Waals surface area (Å²) in [5, 5.41) is 20.4. The van der Waals surface area contributed by atoms with Crippen LogP contribution in [-0.4, -0.2) is 18.1 Å². The topological polar surface area (TPSA) is 85.4 Å². The van der Waals surface area contributed by atoms with E-state index < -0.39 is 4.92 Å². The van der Waals surface area contributed by atoms with Gasteiger partial charge in [0, 0.05) is 18.6 Å². The fourth-order valence-corrected chi connectivity index (χ4v) is 3.04. The highest BCUT2D eigenvalue weighted by Gasteiger charge is 2.09. The Morgan fingerprint density at radius 3 is 2.42 bits per heavy atom. The van der Waals surface area contributed by atoms with Crippen LogP contribution >= 0.6 is 0 Å². The standard InChI is InChI=1S/C25H22N2O4/c1-2-30-25-17-20(8-13-24(25)31-15-14-19-6-4-3-5-7-19)16-22(18-26)21-9-11-23(12-10-21)27(28)29/h3-13,16-17H,2,14-15H2,1H3. The van der Waals surface area contributed by atoms with Gasteiger partial charge in [0.25, 0.3) is 5.69 Å². The fourth-order valence-electron chi connectivity index (χ4n) is 3.04. The average Bonchev–Trinajstić information content (AvgIpc) is 2.80. The van der Waals surface area contributed by atoms with Gasteiger partial charge in [-0.25, -0.2) is 0 Å². The maximum absolute atomic E-state index is 10.8. The molecule has 0 heterocycles. The van der Waals surface area contributed by atoms with Crippen LogP contribution in [0.15, 0.2) is 72.8 Å². The van der Waals surface area contributed by atoms with Crippen molar-refractivity contribution in [3.05, 3.63) is 99.6 Å². The zero-order valence-electron chi connectivity index (χ0n) is 17.2. The summed E-state index contributed by atoms with van der Waals surface area (Å²) in [5.41, 5.74) is 2.96. The quantitative estimate of drug-likeness (QED) is 0.195. The number of nitro benzene ring substituents is 1. The van der Waals surface area contributed by atoms with Gasteiger partial charge in [-0.2, -0.15) is 5.26 Å². The molecule has 3 rings (SSSR count). The number of nitrogens with zero attached hydrogens (tertiary/aromatic N) is 2. The molecular formula is C25H22N2O4. The molecule has 0 saturated carbocycles. The van der Waals surface area contributed by atoms with E-state index in [9.17, 15) is 15.4 Å². The van der Waals surface area contributed by atoms with E-state index in [2.05, 4.69) is 18.2 Å². The number of hydrogen-bond donors (Lipinski definition) is 0. The molecule has 156 valence electrons. The van der Waals surface area contributed by atoms with Crippen LogP contribution in [0.25, 0.3) is 11.6 Å². The summed E-state index contributed by atoms with van der Waals surface area (Å²) in [7, 11) is 0. The van der Waals surface area contributed by atoms with Crippen molar-refractivity contribution in [3.63, 3.8) is 0 Å². The Kier molecular flexibility index (Phi) is 7.39. The van der Waals surface area contributed by atoms with Crippen LogP contribution < -0.4 is 9.47 Å². The first-order valence-corrected chi connectivity index (χ1v) is 9.91. The molecule has 6 nitrogen and oxygen atoms in total. The lowest BCUT2D eigenvalue weighted by Crippen LogP contribution is -2.03. The van der Waals surface area contributed by atoms with Crippen molar-refractivity contribution in [1.29, 1.82) is 5.26 Å². The van der Waals surface area contributed by atoms with Gasteiger partial charge >= 0.3 is 0 Å². The van der Waals surface area contributed by atoms with Crippen LogP contribution in [0.1, 0.15) is 23.6 Å². The molecule has 0 unspecified atom stereocenters. The van der Waals surface area contributed by atoms with E-state index in [1.807, 2.05) is 43.3 Å². The lowest BCUT2D eigenvalue weighted by molar-refractivity contribution is -0.384. The molecule has 0 fully saturated rings. The van der Waals surface area contributed by atoms with Gasteiger partial charge in [0.1, 0.15) is 0 Å². The molecule has 0 radical (unpaired) electrons. The largest absolute Gasteiger partial charge is 0.490 e. The predicted octanol–water partition coefficient (Wildman–Crippen LogP) is 5.68. The summed E-state index contributed by atoms with van der Waals surface area (Å²) >= 11 is 0. The number of ether oxygens (including phenoxy) is 2. The van der Waals surface area contributed by atoms with Gasteiger partial charge in [-0.05, 0) is 54.0 Å². The molecule has 0 spiro atoms. The zero-order chi connectivity index (χ0) is 22.1. The Morgan fingerprint density at radius 1 is 1.03 bits per heavy atom. The molecule has 0 atom stereocenters. The number of hydrogen-bond acceptors (Lipinski definition) is 5. The van der Waals surface area contributed by atoms with Crippen LogP contribution in [0.4, 0.5) is 5.69 Å². The second-order valence-corrected chi connectivity index (χ2v) is 6.70. The summed E-state index contributed by atoms with van der Waals surface area (Å²) in [4.78, 5) is 10.4. The van der Waals surface area contributed by atoms with Gasteiger partial charge in [0.05, 0.1) is 29.8 Å². The van der Waals surface area contributed by atoms with Crippen molar-refractivity contribution >= 4 is 17.3 Å². The molecule has 0 bridgehead atoms. The molecule has 0 saturated heterocycles. The SMILES string of the molecule is CCOc1cc(C=C(C#N)c2ccc([N+](=O)[O-])cc2)ccc1OCCc1ccccc1. The van der Waals surface area contributed by atoms with Crippen LogP contribution in [0.3, 0.4) is 0 Å². The Morgan fingerprint density at radius 2 is 1.77 bits per heavy atom. The number of nitriles is 1. The third-order valence-electron chi connectivity index (χ3n) is 4.58. The van der Waals surface area contributed by atoms with Gasteiger partial charge in [-0.3, -0.25) is 10.1 Å². The van der Waals surface area contributed by atoms with E-state index in [1.54, 1.807) is 18.2 Å². The Balaban J connectivity index is 1.78. The van der Waals surface area contributed by atoms with E-state index in [-0.39, 0.29) is 5.69 Å². The van der Waals surface area contributed by atoms with Gasteiger partial charge in [0.15, 0.2) is 11.5 Å². The second kappa shape index (κ2) is 10.6. The van der Waals surface area contributed by atoms with Crippen molar-refractivity contribution in [2.24, 2.45) is 0 Å². The molecule has 6 heteroatoms. The first-order chi connectivity index (χ1) is 15.1. The molecule has 0 aromatic heterocycles. The molecule has 0 amide bonds. The van der Waals surface area contributed by atoms with E-state index >= 15 is 0 Å².